The molecule has 4 aromatic rings. The standard InChI is InChI=1S/C35H35BrIN3O4S/c36-28-13-9-12-27(22-28)24-39(33(23-26-10-3-1-4-11-26)35(42)38-30-14-7-8-15-30)34(41)25-40(31-20-18-29(37)19-21-31)45(43,44)32-16-5-2-6-17-32/h1-6,9-13,16-22,30,33H,7-8,14-15,23-25H2,(H,38,42)/t33-/m0/s1. The van der Waals surface area contributed by atoms with Gasteiger partial charge in [-0.2, -0.15) is 0 Å². The Morgan fingerprint density at radius 2 is 1.47 bits per heavy atom. The summed E-state index contributed by atoms with van der Waals surface area (Å²) in [6.07, 6.45) is 4.20. The van der Waals surface area contributed by atoms with E-state index >= 15 is 0 Å². The molecule has 45 heavy (non-hydrogen) atoms. The molecule has 0 heterocycles. The van der Waals surface area contributed by atoms with Crippen LogP contribution in [0.5, 0.6) is 0 Å². The molecule has 0 aliphatic heterocycles. The van der Waals surface area contributed by atoms with Gasteiger partial charge in [-0.3, -0.25) is 13.9 Å². The smallest absolute Gasteiger partial charge is 0.264 e. The highest BCUT2D eigenvalue weighted by Crippen LogP contribution is 2.26. The number of hydrogen-bond donors (Lipinski definition) is 1. The van der Waals surface area contributed by atoms with Gasteiger partial charge in [0.15, 0.2) is 0 Å². The van der Waals surface area contributed by atoms with Crippen LogP contribution < -0.4 is 9.62 Å². The molecule has 5 rings (SSSR count). The Morgan fingerprint density at radius 1 is 0.844 bits per heavy atom. The van der Waals surface area contributed by atoms with E-state index in [9.17, 15) is 18.0 Å². The van der Waals surface area contributed by atoms with Crippen molar-refractivity contribution in [2.45, 2.75) is 55.6 Å². The van der Waals surface area contributed by atoms with Crippen LogP contribution in [0, 0.1) is 3.57 Å². The monoisotopic (exact) mass is 799 g/mol. The highest BCUT2D eigenvalue weighted by atomic mass is 127. The van der Waals surface area contributed by atoms with E-state index in [2.05, 4.69) is 43.8 Å². The third kappa shape index (κ3) is 8.74. The molecule has 1 N–H and O–H groups in total. The van der Waals surface area contributed by atoms with Crippen LogP contribution in [0.15, 0.2) is 119 Å². The molecule has 1 aliphatic carbocycles. The molecule has 1 fully saturated rings. The number of rotatable bonds is 12. The maximum Gasteiger partial charge on any atom is 0.264 e. The first-order chi connectivity index (χ1) is 21.7. The number of sulfonamides is 1. The van der Waals surface area contributed by atoms with E-state index in [0.29, 0.717) is 5.69 Å². The predicted molar refractivity (Wildman–Crippen MR) is 189 cm³/mol. The summed E-state index contributed by atoms with van der Waals surface area (Å²) in [6, 6.07) is 31.5. The molecule has 4 aromatic carbocycles. The molecule has 7 nitrogen and oxygen atoms in total. The Kier molecular flexibility index (Phi) is 11.3. The summed E-state index contributed by atoms with van der Waals surface area (Å²) in [5.74, 6) is -0.712. The molecule has 0 spiro atoms. The average Bonchev–Trinajstić information content (AvgIpc) is 3.56. The van der Waals surface area contributed by atoms with Crippen LogP contribution in [0.3, 0.4) is 0 Å². The molecule has 1 atom stereocenters. The molecule has 0 unspecified atom stereocenters. The second-order valence-electron chi connectivity index (χ2n) is 11.1. The lowest BCUT2D eigenvalue weighted by Crippen LogP contribution is -2.54. The third-order valence-electron chi connectivity index (χ3n) is 7.94. The Balaban J connectivity index is 1.56. The van der Waals surface area contributed by atoms with Crippen molar-refractivity contribution < 1.29 is 18.0 Å². The fourth-order valence-corrected chi connectivity index (χ4v) is 7.85. The first-order valence-corrected chi connectivity index (χ1v) is 18.2. The van der Waals surface area contributed by atoms with Gasteiger partial charge in [-0.15, -0.1) is 0 Å². The number of benzene rings is 4. The number of halogens is 2. The topological polar surface area (TPSA) is 86.8 Å². The van der Waals surface area contributed by atoms with Gasteiger partial charge < -0.3 is 10.2 Å². The quantitative estimate of drug-likeness (QED) is 0.157. The summed E-state index contributed by atoms with van der Waals surface area (Å²) in [5.41, 5.74) is 2.09. The van der Waals surface area contributed by atoms with Crippen molar-refractivity contribution >= 4 is 66.0 Å². The molecular formula is C35H35BrIN3O4S. The summed E-state index contributed by atoms with van der Waals surface area (Å²) in [6.45, 7) is -0.354. The van der Waals surface area contributed by atoms with Crippen LogP contribution in [0.1, 0.15) is 36.8 Å². The minimum Gasteiger partial charge on any atom is -0.352 e. The SMILES string of the molecule is O=C(NC1CCCC1)[C@H](Cc1ccccc1)N(Cc1cccc(Br)c1)C(=O)CN(c1ccc(I)cc1)S(=O)(=O)c1ccccc1. The van der Waals surface area contributed by atoms with Crippen molar-refractivity contribution in [3.05, 3.63) is 128 Å². The molecule has 0 bridgehead atoms. The van der Waals surface area contributed by atoms with E-state index in [1.807, 2.05) is 54.6 Å². The van der Waals surface area contributed by atoms with Crippen molar-refractivity contribution in [2.24, 2.45) is 0 Å². The van der Waals surface area contributed by atoms with Crippen LogP contribution in [0.2, 0.25) is 0 Å². The zero-order valence-corrected chi connectivity index (χ0v) is 29.2. The normalized spacial score (nSPS) is 14.1. The van der Waals surface area contributed by atoms with Gasteiger partial charge in [0.25, 0.3) is 10.0 Å². The van der Waals surface area contributed by atoms with Gasteiger partial charge in [0.2, 0.25) is 11.8 Å². The Bertz CT molecular complexity index is 1700. The average molecular weight is 801 g/mol. The van der Waals surface area contributed by atoms with Gasteiger partial charge in [0.05, 0.1) is 10.6 Å². The van der Waals surface area contributed by atoms with E-state index in [1.165, 1.54) is 12.1 Å². The maximum atomic E-state index is 14.6. The minimum atomic E-state index is -4.12. The van der Waals surface area contributed by atoms with Crippen LogP contribution in [0.4, 0.5) is 5.69 Å². The lowest BCUT2D eigenvalue weighted by molar-refractivity contribution is -0.140. The Labute approximate surface area is 287 Å². The lowest BCUT2D eigenvalue weighted by atomic mass is 10.0. The summed E-state index contributed by atoms with van der Waals surface area (Å²) in [5, 5.41) is 3.20. The van der Waals surface area contributed by atoms with E-state index in [-0.39, 0.29) is 29.8 Å². The number of carbonyl (C=O) groups excluding carboxylic acids is 2. The molecule has 0 radical (unpaired) electrons. The van der Waals surface area contributed by atoms with Crippen LogP contribution in [-0.4, -0.2) is 43.8 Å². The number of amides is 2. The van der Waals surface area contributed by atoms with Crippen molar-refractivity contribution in [2.75, 3.05) is 10.8 Å². The number of hydrogen-bond acceptors (Lipinski definition) is 4. The largest absolute Gasteiger partial charge is 0.352 e. The molecule has 1 saturated carbocycles. The maximum absolute atomic E-state index is 14.6. The van der Waals surface area contributed by atoms with E-state index in [0.717, 1.165) is 49.2 Å². The number of nitrogens with one attached hydrogen (secondary N) is 1. The van der Waals surface area contributed by atoms with Gasteiger partial charge in [-0.1, -0.05) is 89.4 Å². The fraction of sp³-hybridized carbons (Fsp3) is 0.257. The van der Waals surface area contributed by atoms with Gasteiger partial charge in [-0.05, 0) is 95.1 Å². The zero-order valence-electron chi connectivity index (χ0n) is 24.7. The number of carbonyl (C=O) groups is 2. The minimum absolute atomic E-state index is 0.0559. The van der Waals surface area contributed by atoms with E-state index < -0.39 is 28.5 Å². The second-order valence-corrected chi connectivity index (χ2v) is 15.2. The summed E-state index contributed by atoms with van der Waals surface area (Å²) in [4.78, 5) is 30.3. The number of anilines is 1. The van der Waals surface area contributed by atoms with Crippen LogP contribution >= 0.6 is 38.5 Å². The van der Waals surface area contributed by atoms with Gasteiger partial charge >= 0.3 is 0 Å². The van der Waals surface area contributed by atoms with Gasteiger partial charge in [-0.25, -0.2) is 8.42 Å². The molecule has 2 amide bonds. The van der Waals surface area contributed by atoms with Crippen LogP contribution in [0.25, 0.3) is 0 Å². The molecule has 234 valence electrons. The van der Waals surface area contributed by atoms with Crippen molar-refractivity contribution in [3.8, 4) is 0 Å². The highest BCUT2D eigenvalue weighted by molar-refractivity contribution is 14.1. The van der Waals surface area contributed by atoms with Gasteiger partial charge in [0.1, 0.15) is 12.6 Å². The summed E-state index contributed by atoms with van der Waals surface area (Å²) >= 11 is 5.68. The summed E-state index contributed by atoms with van der Waals surface area (Å²) in [7, 11) is -4.12. The molecule has 10 heteroatoms. The zero-order chi connectivity index (χ0) is 31.8. The van der Waals surface area contributed by atoms with Crippen molar-refractivity contribution in [1.82, 2.24) is 10.2 Å². The van der Waals surface area contributed by atoms with Crippen LogP contribution in [-0.2, 0) is 32.6 Å². The molecular weight excluding hydrogens is 765 g/mol. The third-order valence-corrected chi connectivity index (χ3v) is 10.9. The van der Waals surface area contributed by atoms with Crippen molar-refractivity contribution in [1.29, 1.82) is 0 Å². The van der Waals surface area contributed by atoms with E-state index in [4.69, 9.17) is 0 Å². The molecule has 0 saturated heterocycles. The van der Waals surface area contributed by atoms with Crippen molar-refractivity contribution in [3.63, 3.8) is 0 Å². The molecule has 0 aromatic heterocycles. The number of nitrogens with zero attached hydrogens (tertiary/aromatic N) is 2. The lowest BCUT2D eigenvalue weighted by Gasteiger charge is -2.34. The molecule has 1 aliphatic rings. The Morgan fingerprint density at radius 3 is 2.11 bits per heavy atom. The first kappa shape index (κ1) is 33.2. The Hall–Kier alpha value is -3.22. The van der Waals surface area contributed by atoms with Gasteiger partial charge in [0, 0.05) is 27.1 Å². The fourth-order valence-electron chi connectivity index (χ4n) is 5.61. The highest BCUT2D eigenvalue weighted by Gasteiger charge is 2.35. The second kappa shape index (κ2) is 15.4. The summed E-state index contributed by atoms with van der Waals surface area (Å²) < 4.78 is 31.1. The first-order valence-electron chi connectivity index (χ1n) is 14.9. The van der Waals surface area contributed by atoms with E-state index in [1.54, 1.807) is 47.4 Å². The predicted octanol–water partition coefficient (Wildman–Crippen LogP) is 6.95.